The highest BCUT2D eigenvalue weighted by Gasteiger charge is 2.16. The summed E-state index contributed by atoms with van der Waals surface area (Å²) in [4.78, 5) is 10.5. The Morgan fingerprint density at radius 2 is 2.30 bits per heavy atom. The molecule has 60 valence electrons. The van der Waals surface area contributed by atoms with Crippen molar-refractivity contribution >= 4 is 21.9 Å². The van der Waals surface area contributed by atoms with E-state index < -0.39 is 11.1 Å². The van der Waals surface area contributed by atoms with Gasteiger partial charge in [0.15, 0.2) is 0 Å². The number of alkyl halides is 2. The summed E-state index contributed by atoms with van der Waals surface area (Å²) in [5.41, 5.74) is 0. The van der Waals surface area contributed by atoms with E-state index in [1.165, 1.54) is 0 Å². The van der Waals surface area contributed by atoms with Crippen molar-refractivity contribution in [2.75, 3.05) is 0 Å². The molecular formula is C6H10BrFO2. The first-order valence-corrected chi connectivity index (χ1v) is 3.98. The Morgan fingerprint density at radius 3 is 2.60 bits per heavy atom. The van der Waals surface area contributed by atoms with Crippen LogP contribution in [0.3, 0.4) is 0 Å². The fourth-order valence-corrected chi connectivity index (χ4v) is 0.441. The monoisotopic (exact) mass is 212 g/mol. The number of esters is 1. The zero-order chi connectivity index (χ0) is 8.15. The average molecular weight is 213 g/mol. The van der Waals surface area contributed by atoms with Crippen LogP contribution in [0.5, 0.6) is 0 Å². The van der Waals surface area contributed by atoms with Gasteiger partial charge in [0.25, 0.3) is 5.08 Å². The fraction of sp³-hybridized carbons (Fsp3) is 0.833. The molecule has 4 heteroatoms. The van der Waals surface area contributed by atoms with E-state index in [9.17, 15) is 9.18 Å². The van der Waals surface area contributed by atoms with Gasteiger partial charge in [-0.3, -0.25) is 0 Å². The molecule has 0 aromatic heterocycles. The van der Waals surface area contributed by atoms with Crippen LogP contribution in [-0.2, 0) is 9.53 Å². The maximum absolute atomic E-state index is 12.0. The lowest BCUT2D eigenvalue weighted by molar-refractivity contribution is -0.150. The minimum atomic E-state index is -1.69. The quantitative estimate of drug-likeness (QED) is 0.529. The summed E-state index contributed by atoms with van der Waals surface area (Å²) in [6.45, 7) is 3.58. The van der Waals surface area contributed by atoms with Gasteiger partial charge in [0, 0.05) is 0 Å². The molecule has 0 aliphatic carbocycles. The van der Waals surface area contributed by atoms with Crippen molar-refractivity contribution in [1.82, 2.24) is 0 Å². The molecule has 0 aromatic rings. The Kier molecular flexibility index (Phi) is 4.60. The molecule has 0 heterocycles. The molecule has 0 saturated heterocycles. The lowest BCUT2D eigenvalue weighted by Crippen LogP contribution is -2.19. The minimum Gasteiger partial charge on any atom is -0.460 e. The second-order valence-electron chi connectivity index (χ2n) is 1.96. The molecule has 0 aliphatic heterocycles. The number of hydrogen-bond donors (Lipinski definition) is 0. The number of rotatable bonds is 3. The fourth-order valence-electron chi connectivity index (χ4n) is 0.333. The molecule has 0 spiro atoms. The van der Waals surface area contributed by atoms with Gasteiger partial charge in [0.05, 0.1) is 6.10 Å². The highest BCUT2D eigenvalue weighted by atomic mass is 79.9. The molecule has 1 unspecified atom stereocenters. The smallest absolute Gasteiger partial charge is 0.352 e. The van der Waals surface area contributed by atoms with Crippen molar-refractivity contribution in [2.45, 2.75) is 31.5 Å². The lowest BCUT2D eigenvalue weighted by atomic mass is 10.3. The third kappa shape index (κ3) is 3.82. The Labute approximate surface area is 67.9 Å². The van der Waals surface area contributed by atoms with Crippen LogP contribution in [0.25, 0.3) is 0 Å². The van der Waals surface area contributed by atoms with Gasteiger partial charge < -0.3 is 4.74 Å². The van der Waals surface area contributed by atoms with Crippen LogP contribution in [-0.4, -0.2) is 17.2 Å². The van der Waals surface area contributed by atoms with Crippen molar-refractivity contribution in [3.63, 3.8) is 0 Å². The second kappa shape index (κ2) is 4.66. The van der Waals surface area contributed by atoms with Crippen molar-refractivity contribution in [3.05, 3.63) is 0 Å². The molecule has 0 N–H and O–H groups in total. The second-order valence-corrected chi connectivity index (χ2v) is 2.76. The molecular weight excluding hydrogens is 203 g/mol. The summed E-state index contributed by atoms with van der Waals surface area (Å²) in [6, 6.07) is 0. The number of carbonyl (C=O) groups is 1. The van der Waals surface area contributed by atoms with E-state index in [0.29, 0.717) is 6.42 Å². The maximum atomic E-state index is 12.0. The van der Waals surface area contributed by atoms with Crippen LogP contribution in [0.2, 0.25) is 0 Å². The summed E-state index contributed by atoms with van der Waals surface area (Å²) in [7, 11) is 0. The first-order valence-electron chi connectivity index (χ1n) is 3.06. The maximum Gasteiger partial charge on any atom is 0.352 e. The minimum absolute atomic E-state index is 0.205. The Morgan fingerprint density at radius 1 is 1.80 bits per heavy atom. The van der Waals surface area contributed by atoms with E-state index in [1.807, 2.05) is 6.92 Å². The molecule has 0 aliphatic rings. The molecule has 2 atom stereocenters. The van der Waals surface area contributed by atoms with E-state index in [4.69, 9.17) is 0 Å². The molecule has 0 bridgehead atoms. The van der Waals surface area contributed by atoms with Crippen molar-refractivity contribution in [1.29, 1.82) is 0 Å². The van der Waals surface area contributed by atoms with E-state index >= 15 is 0 Å². The van der Waals surface area contributed by atoms with Crippen molar-refractivity contribution in [2.24, 2.45) is 0 Å². The number of hydrogen-bond acceptors (Lipinski definition) is 2. The van der Waals surface area contributed by atoms with E-state index in [-0.39, 0.29) is 6.10 Å². The Balaban J connectivity index is 3.57. The largest absolute Gasteiger partial charge is 0.460 e. The lowest BCUT2D eigenvalue weighted by Gasteiger charge is -2.09. The first kappa shape index (κ1) is 9.88. The predicted octanol–water partition coefficient (Wildman–Crippen LogP) is 2.02. The third-order valence-electron chi connectivity index (χ3n) is 1.07. The summed E-state index contributed by atoms with van der Waals surface area (Å²) in [6.07, 6.45) is 0.495. The zero-order valence-corrected chi connectivity index (χ0v) is 7.52. The molecule has 10 heavy (non-hydrogen) atoms. The van der Waals surface area contributed by atoms with Gasteiger partial charge in [0.2, 0.25) is 0 Å². The normalized spacial score (nSPS) is 16.0. The average Bonchev–Trinajstić information content (AvgIpc) is 1.87. The highest BCUT2D eigenvalue weighted by molar-refractivity contribution is 9.09. The van der Waals surface area contributed by atoms with Gasteiger partial charge in [-0.05, 0) is 29.3 Å². The zero-order valence-electron chi connectivity index (χ0n) is 5.93. The third-order valence-corrected chi connectivity index (χ3v) is 1.44. The van der Waals surface area contributed by atoms with Gasteiger partial charge in [-0.2, -0.15) is 0 Å². The molecule has 0 radical (unpaired) electrons. The van der Waals surface area contributed by atoms with E-state index in [1.54, 1.807) is 6.92 Å². The number of halogens is 2. The SMILES string of the molecule is CC[C@H](C)OC(=O)C(F)Br. The van der Waals surface area contributed by atoms with Crippen LogP contribution in [0.15, 0.2) is 0 Å². The molecule has 0 aromatic carbocycles. The van der Waals surface area contributed by atoms with Gasteiger partial charge in [-0.25, -0.2) is 9.18 Å². The van der Waals surface area contributed by atoms with Gasteiger partial charge in [0.1, 0.15) is 0 Å². The van der Waals surface area contributed by atoms with Crippen molar-refractivity contribution in [3.8, 4) is 0 Å². The van der Waals surface area contributed by atoms with Crippen LogP contribution in [0.4, 0.5) is 4.39 Å². The number of carbonyl (C=O) groups excluding carboxylic acids is 1. The predicted molar refractivity (Wildman–Crippen MR) is 39.7 cm³/mol. The van der Waals surface area contributed by atoms with Gasteiger partial charge in [-0.1, -0.05) is 6.92 Å². The Hall–Kier alpha value is -0.120. The standard InChI is InChI=1S/C6H10BrFO2/c1-3-4(2)10-6(9)5(7)8/h4-5H,3H2,1-2H3/t4-,5?/m0/s1. The summed E-state index contributed by atoms with van der Waals surface area (Å²) < 4.78 is 16.6. The molecule has 2 nitrogen and oxygen atoms in total. The van der Waals surface area contributed by atoms with Crippen LogP contribution in [0.1, 0.15) is 20.3 Å². The number of ether oxygens (including phenoxy) is 1. The van der Waals surface area contributed by atoms with Gasteiger partial charge >= 0.3 is 5.97 Å². The van der Waals surface area contributed by atoms with Crippen LogP contribution < -0.4 is 0 Å². The molecule has 0 rings (SSSR count). The molecule has 0 saturated carbocycles. The summed E-state index contributed by atoms with van der Waals surface area (Å²) in [5.74, 6) is -0.852. The Bertz CT molecular complexity index is 116. The van der Waals surface area contributed by atoms with E-state index in [0.717, 1.165) is 0 Å². The molecule has 0 fully saturated rings. The van der Waals surface area contributed by atoms with Crippen molar-refractivity contribution < 1.29 is 13.9 Å². The van der Waals surface area contributed by atoms with E-state index in [2.05, 4.69) is 20.7 Å². The topological polar surface area (TPSA) is 26.3 Å². The van der Waals surface area contributed by atoms with Gasteiger partial charge in [-0.15, -0.1) is 0 Å². The van der Waals surface area contributed by atoms with Crippen LogP contribution in [0, 0.1) is 0 Å². The summed E-state index contributed by atoms with van der Waals surface area (Å²) in [5, 5.41) is -1.69. The first-order chi connectivity index (χ1) is 4.57. The molecule has 0 amide bonds. The summed E-state index contributed by atoms with van der Waals surface area (Å²) >= 11 is 2.46. The highest BCUT2D eigenvalue weighted by Crippen LogP contribution is 2.06. The van der Waals surface area contributed by atoms with Crippen LogP contribution >= 0.6 is 15.9 Å².